The first kappa shape index (κ1) is 13.7. The van der Waals surface area contributed by atoms with E-state index in [9.17, 15) is 0 Å². The summed E-state index contributed by atoms with van der Waals surface area (Å²) in [5, 5.41) is 0. The van der Waals surface area contributed by atoms with Gasteiger partial charge in [0.25, 0.3) is 0 Å². The van der Waals surface area contributed by atoms with Crippen molar-refractivity contribution >= 4 is 23.0 Å². The van der Waals surface area contributed by atoms with Crippen molar-refractivity contribution in [3.63, 3.8) is 0 Å². The fourth-order valence-corrected chi connectivity index (χ4v) is 3.51. The molecule has 3 rings (SSSR count). The molecule has 1 aromatic heterocycles. The molecule has 0 aliphatic carbocycles. The number of nitrogens with zero attached hydrogens (tertiary/aromatic N) is 4. The van der Waals surface area contributed by atoms with Crippen LogP contribution < -0.4 is 10.6 Å². The molecule has 3 heterocycles. The Balaban J connectivity index is 1.88. The minimum Gasteiger partial charge on any atom is -0.388 e. The summed E-state index contributed by atoms with van der Waals surface area (Å²) in [7, 11) is 0. The maximum absolute atomic E-state index is 5.79. The molecule has 2 fully saturated rings. The number of thiocarbonyl (C=S) groups is 1. The molecule has 6 heteroatoms. The number of rotatable bonds is 2. The molecule has 108 valence electrons. The van der Waals surface area contributed by atoms with Crippen LogP contribution in [0.4, 0.5) is 5.82 Å². The SMILES string of the molecule is CC1CN2CCCCC2CN1c1nccnc1C(N)=S. The summed E-state index contributed by atoms with van der Waals surface area (Å²) in [4.78, 5) is 14.1. The predicted molar refractivity (Wildman–Crippen MR) is 83.9 cm³/mol. The molecular formula is C14H21N5S. The van der Waals surface area contributed by atoms with Gasteiger partial charge in [-0.2, -0.15) is 0 Å². The van der Waals surface area contributed by atoms with Crippen LogP contribution in [0.3, 0.4) is 0 Å². The Morgan fingerprint density at radius 3 is 2.90 bits per heavy atom. The zero-order valence-corrected chi connectivity index (χ0v) is 12.6. The van der Waals surface area contributed by atoms with Crippen LogP contribution in [0.15, 0.2) is 12.4 Å². The zero-order valence-electron chi connectivity index (χ0n) is 11.8. The second-order valence-corrected chi connectivity index (χ2v) is 6.18. The smallest absolute Gasteiger partial charge is 0.157 e. The fraction of sp³-hybridized carbons (Fsp3) is 0.643. The first-order valence-electron chi connectivity index (χ1n) is 7.28. The van der Waals surface area contributed by atoms with Crippen molar-refractivity contribution in [1.82, 2.24) is 14.9 Å². The van der Waals surface area contributed by atoms with E-state index in [2.05, 4.69) is 26.7 Å². The first-order chi connectivity index (χ1) is 9.66. The lowest BCUT2D eigenvalue weighted by Gasteiger charge is -2.48. The molecule has 2 aliphatic rings. The van der Waals surface area contributed by atoms with E-state index in [0.29, 0.717) is 22.8 Å². The molecule has 2 saturated heterocycles. The van der Waals surface area contributed by atoms with Gasteiger partial charge in [0.2, 0.25) is 0 Å². The molecule has 20 heavy (non-hydrogen) atoms. The molecular weight excluding hydrogens is 270 g/mol. The maximum Gasteiger partial charge on any atom is 0.157 e. The van der Waals surface area contributed by atoms with E-state index in [1.807, 2.05) is 0 Å². The van der Waals surface area contributed by atoms with Crippen LogP contribution in [0.1, 0.15) is 31.9 Å². The Morgan fingerprint density at radius 1 is 1.30 bits per heavy atom. The quantitative estimate of drug-likeness (QED) is 0.826. The van der Waals surface area contributed by atoms with E-state index in [0.717, 1.165) is 18.9 Å². The lowest BCUT2D eigenvalue weighted by Crippen LogP contribution is -2.59. The topological polar surface area (TPSA) is 58.3 Å². The molecule has 0 radical (unpaired) electrons. The van der Waals surface area contributed by atoms with Gasteiger partial charge in [0.05, 0.1) is 0 Å². The molecule has 0 spiro atoms. The van der Waals surface area contributed by atoms with Crippen molar-refractivity contribution in [3.05, 3.63) is 18.1 Å². The summed E-state index contributed by atoms with van der Waals surface area (Å²) in [6.45, 7) is 5.54. The molecule has 2 aliphatic heterocycles. The summed E-state index contributed by atoms with van der Waals surface area (Å²) in [6, 6.07) is 1.04. The van der Waals surface area contributed by atoms with Gasteiger partial charge in [-0.1, -0.05) is 18.6 Å². The molecule has 0 aromatic carbocycles. The van der Waals surface area contributed by atoms with Crippen molar-refractivity contribution in [2.45, 2.75) is 38.3 Å². The van der Waals surface area contributed by atoms with Gasteiger partial charge >= 0.3 is 0 Å². The van der Waals surface area contributed by atoms with Crippen LogP contribution in [-0.2, 0) is 0 Å². The van der Waals surface area contributed by atoms with Crippen LogP contribution in [0.25, 0.3) is 0 Å². The Morgan fingerprint density at radius 2 is 2.10 bits per heavy atom. The number of anilines is 1. The molecule has 2 unspecified atom stereocenters. The Kier molecular flexibility index (Phi) is 3.85. The molecule has 5 nitrogen and oxygen atoms in total. The van der Waals surface area contributed by atoms with Gasteiger partial charge in [-0.15, -0.1) is 0 Å². The minimum atomic E-state index is 0.325. The summed E-state index contributed by atoms with van der Waals surface area (Å²) in [5.41, 5.74) is 6.44. The number of piperidine rings is 1. The van der Waals surface area contributed by atoms with Gasteiger partial charge < -0.3 is 10.6 Å². The zero-order chi connectivity index (χ0) is 14.1. The number of hydrogen-bond donors (Lipinski definition) is 1. The normalized spacial score (nSPS) is 27.1. The van der Waals surface area contributed by atoms with E-state index < -0.39 is 0 Å². The second-order valence-electron chi connectivity index (χ2n) is 5.74. The Bertz CT molecular complexity index is 506. The Labute approximate surface area is 125 Å². The third-order valence-corrected chi connectivity index (χ3v) is 4.57. The second kappa shape index (κ2) is 5.61. The van der Waals surface area contributed by atoms with E-state index >= 15 is 0 Å². The lowest BCUT2D eigenvalue weighted by atomic mass is 9.97. The highest BCUT2D eigenvalue weighted by Gasteiger charge is 2.34. The number of aromatic nitrogens is 2. The van der Waals surface area contributed by atoms with Gasteiger partial charge in [0, 0.05) is 37.6 Å². The van der Waals surface area contributed by atoms with Crippen molar-refractivity contribution < 1.29 is 0 Å². The van der Waals surface area contributed by atoms with Crippen LogP contribution in [0.5, 0.6) is 0 Å². The highest BCUT2D eigenvalue weighted by atomic mass is 32.1. The molecule has 0 amide bonds. The number of fused-ring (bicyclic) bond motifs is 1. The third-order valence-electron chi connectivity index (χ3n) is 4.37. The van der Waals surface area contributed by atoms with Crippen LogP contribution in [0, 0.1) is 0 Å². The van der Waals surface area contributed by atoms with Gasteiger partial charge in [-0.05, 0) is 26.3 Å². The molecule has 0 saturated carbocycles. The van der Waals surface area contributed by atoms with E-state index in [1.165, 1.54) is 25.8 Å². The summed E-state index contributed by atoms with van der Waals surface area (Å²) < 4.78 is 0. The average molecular weight is 291 g/mol. The fourth-order valence-electron chi connectivity index (χ4n) is 3.36. The Hall–Kier alpha value is -1.27. The summed E-state index contributed by atoms with van der Waals surface area (Å²) in [6.07, 6.45) is 7.29. The van der Waals surface area contributed by atoms with Crippen molar-refractivity contribution in [1.29, 1.82) is 0 Å². The maximum atomic E-state index is 5.79. The average Bonchev–Trinajstić information content (AvgIpc) is 2.46. The predicted octanol–water partition coefficient (Wildman–Crippen LogP) is 1.17. The highest BCUT2D eigenvalue weighted by Crippen LogP contribution is 2.28. The highest BCUT2D eigenvalue weighted by molar-refractivity contribution is 7.80. The number of piperazine rings is 1. The van der Waals surface area contributed by atoms with Crippen LogP contribution in [-0.4, -0.2) is 51.6 Å². The van der Waals surface area contributed by atoms with Crippen molar-refractivity contribution in [2.24, 2.45) is 5.73 Å². The van der Waals surface area contributed by atoms with E-state index in [-0.39, 0.29) is 0 Å². The number of nitrogens with two attached hydrogens (primary N) is 1. The van der Waals surface area contributed by atoms with E-state index in [1.54, 1.807) is 12.4 Å². The van der Waals surface area contributed by atoms with Crippen molar-refractivity contribution in [3.8, 4) is 0 Å². The van der Waals surface area contributed by atoms with Gasteiger partial charge in [0.15, 0.2) is 5.82 Å². The number of hydrogen-bond acceptors (Lipinski definition) is 5. The molecule has 2 atom stereocenters. The van der Waals surface area contributed by atoms with Crippen LogP contribution in [0.2, 0.25) is 0 Å². The summed E-state index contributed by atoms with van der Waals surface area (Å²) in [5.74, 6) is 0.845. The molecule has 0 bridgehead atoms. The van der Waals surface area contributed by atoms with Gasteiger partial charge in [0.1, 0.15) is 10.7 Å². The van der Waals surface area contributed by atoms with Crippen molar-refractivity contribution in [2.75, 3.05) is 24.5 Å². The third kappa shape index (κ3) is 2.50. The van der Waals surface area contributed by atoms with Crippen LogP contribution >= 0.6 is 12.2 Å². The molecule has 2 N–H and O–H groups in total. The minimum absolute atomic E-state index is 0.325. The van der Waals surface area contributed by atoms with Gasteiger partial charge in [-0.25, -0.2) is 9.97 Å². The largest absolute Gasteiger partial charge is 0.388 e. The standard InChI is InChI=1S/C14H21N5S/c1-10-8-18-7-3-2-4-11(18)9-19(10)14-12(13(15)20)16-5-6-17-14/h5-6,10-11H,2-4,7-9H2,1H3,(H2,15,20). The first-order valence-corrected chi connectivity index (χ1v) is 7.69. The summed E-state index contributed by atoms with van der Waals surface area (Å²) >= 11 is 5.11. The lowest BCUT2D eigenvalue weighted by molar-refractivity contribution is 0.115. The van der Waals surface area contributed by atoms with Gasteiger partial charge in [-0.3, -0.25) is 4.90 Å². The van der Waals surface area contributed by atoms with E-state index in [4.69, 9.17) is 18.0 Å². The molecule has 1 aromatic rings. The monoisotopic (exact) mass is 291 g/mol.